The molecule has 1 aliphatic carbocycles. The number of aliphatic hydroxyl groups excluding tert-OH is 1. The molecule has 3 N–H and O–H groups in total. The molecule has 0 unspecified atom stereocenters. The molecule has 1 aromatic rings. The fourth-order valence-electron chi connectivity index (χ4n) is 2.04. The average Bonchev–Trinajstić information content (AvgIpc) is 2.88. The molecule has 0 aromatic heterocycles. The van der Waals surface area contributed by atoms with Gasteiger partial charge >= 0.3 is 6.03 Å². The monoisotopic (exact) mass is 275 g/mol. The maximum absolute atomic E-state index is 13.1. The lowest BCUT2D eigenvalue weighted by Gasteiger charge is -2.13. The second-order valence-corrected chi connectivity index (χ2v) is 4.57. The fraction of sp³-hybridized carbons (Fsp3) is 0.286. The topological polar surface area (TPSA) is 85.2 Å². The molecule has 104 valence electrons. The van der Waals surface area contributed by atoms with Crippen LogP contribution < -0.4 is 10.6 Å². The van der Waals surface area contributed by atoms with E-state index in [9.17, 15) is 9.18 Å². The minimum atomic E-state index is -0.622. The standard InChI is InChI=1S/C14H14FN3O2/c15-13-4-3-12(6-10(13)7-16)18-14(20)17-11-2-1-9(5-11)8-19/h1-4,6,9,11,19H,5,8H2,(H2,17,18,20)/t9-,11+/m0/s1. The SMILES string of the molecule is N#Cc1cc(NC(=O)N[C@@H]2C=C[C@H](CO)C2)ccc1F. The first-order chi connectivity index (χ1) is 9.62. The minimum Gasteiger partial charge on any atom is -0.396 e. The molecule has 1 aromatic carbocycles. The second kappa shape index (κ2) is 6.17. The summed E-state index contributed by atoms with van der Waals surface area (Å²) in [5.74, 6) is -0.556. The summed E-state index contributed by atoms with van der Waals surface area (Å²) in [4.78, 5) is 11.8. The number of benzene rings is 1. The van der Waals surface area contributed by atoms with Gasteiger partial charge in [-0.1, -0.05) is 12.2 Å². The zero-order valence-corrected chi connectivity index (χ0v) is 10.6. The van der Waals surface area contributed by atoms with Crippen molar-refractivity contribution >= 4 is 11.7 Å². The number of hydrogen-bond acceptors (Lipinski definition) is 3. The van der Waals surface area contributed by atoms with Crippen LogP contribution in [-0.2, 0) is 0 Å². The highest BCUT2D eigenvalue weighted by Gasteiger charge is 2.19. The number of nitrogens with one attached hydrogen (secondary N) is 2. The molecule has 0 saturated heterocycles. The molecule has 2 amide bonds. The number of hydrogen-bond donors (Lipinski definition) is 3. The molecule has 0 bridgehead atoms. The van der Waals surface area contributed by atoms with Gasteiger partial charge in [0, 0.05) is 24.3 Å². The van der Waals surface area contributed by atoms with Crippen molar-refractivity contribution in [1.29, 1.82) is 5.26 Å². The first kappa shape index (κ1) is 14.0. The van der Waals surface area contributed by atoms with E-state index in [2.05, 4.69) is 10.6 Å². The van der Waals surface area contributed by atoms with E-state index in [1.54, 1.807) is 6.07 Å². The Hall–Kier alpha value is -2.39. The van der Waals surface area contributed by atoms with Gasteiger partial charge in [-0.05, 0) is 24.6 Å². The largest absolute Gasteiger partial charge is 0.396 e. The summed E-state index contributed by atoms with van der Waals surface area (Å²) in [6.45, 7) is 0.0553. The fourth-order valence-corrected chi connectivity index (χ4v) is 2.04. The lowest BCUT2D eigenvalue weighted by atomic mass is 10.1. The Morgan fingerprint density at radius 1 is 1.50 bits per heavy atom. The number of aliphatic hydroxyl groups is 1. The van der Waals surface area contributed by atoms with Crippen molar-refractivity contribution in [3.63, 3.8) is 0 Å². The normalized spacial score (nSPS) is 20.4. The van der Waals surface area contributed by atoms with Crippen molar-refractivity contribution in [2.75, 3.05) is 11.9 Å². The molecule has 0 fully saturated rings. The Bertz CT molecular complexity index is 580. The maximum Gasteiger partial charge on any atom is 0.319 e. The molecule has 0 heterocycles. The van der Waals surface area contributed by atoms with E-state index in [0.29, 0.717) is 12.1 Å². The van der Waals surface area contributed by atoms with Crippen LogP contribution in [0, 0.1) is 23.1 Å². The Balaban J connectivity index is 1.92. The molecule has 0 aliphatic heterocycles. The molecule has 6 heteroatoms. The van der Waals surface area contributed by atoms with Crippen molar-refractivity contribution in [3.05, 3.63) is 41.7 Å². The van der Waals surface area contributed by atoms with Crippen LogP contribution in [0.5, 0.6) is 0 Å². The molecule has 0 spiro atoms. The molecule has 0 radical (unpaired) electrons. The summed E-state index contributed by atoms with van der Waals surface area (Å²) in [7, 11) is 0. The van der Waals surface area contributed by atoms with E-state index in [0.717, 1.165) is 6.07 Å². The summed E-state index contributed by atoms with van der Waals surface area (Å²) in [6, 6.07) is 4.93. The number of amides is 2. The highest BCUT2D eigenvalue weighted by Crippen LogP contribution is 2.17. The first-order valence-electron chi connectivity index (χ1n) is 6.18. The van der Waals surface area contributed by atoms with Crippen LogP contribution in [0.25, 0.3) is 0 Å². The smallest absolute Gasteiger partial charge is 0.319 e. The van der Waals surface area contributed by atoms with E-state index >= 15 is 0 Å². The van der Waals surface area contributed by atoms with Crippen LogP contribution in [0.1, 0.15) is 12.0 Å². The number of nitrogens with zero attached hydrogens (tertiary/aromatic N) is 1. The lowest BCUT2D eigenvalue weighted by Crippen LogP contribution is -2.36. The van der Waals surface area contributed by atoms with Crippen molar-refractivity contribution < 1.29 is 14.3 Å². The van der Waals surface area contributed by atoms with E-state index < -0.39 is 11.8 Å². The Morgan fingerprint density at radius 3 is 2.95 bits per heavy atom. The molecule has 2 atom stereocenters. The third kappa shape index (κ3) is 3.33. The first-order valence-corrected chi connectivity index (χ1v) is 6.18. The zero-order chi connectivity index (χ0) is 14.5. The molecule has 5 nitrogen and oxygen atoms in total. The van der Waals surface area contributed by atoms with E-state index in [-0.39, 0.29) is 24.1 Å². The van der Waals surface area contributed by atoms with Gasteiger partial charge in [-0.25, -0.2) is 9.18 Å². The van der Waals surface area contributed by atoms with Crippen LogP contribution in [0.2, 0.25) is 0 Å². The number of rotatable bonds is 3. The molecular formula is C14H14FN3O2. The van der Waals surface area contributed by atoms with Crippen LogP contribution in [0.4, 0.5) is 14.9 Å². The maximum atomic E-state index is 13.1. The van der Waals surface area contributed by atoms with Gasteiger partial charge in [-0.3, -0.25) is 0 Å². The van der Waals surface area contributed by atoms with E-state index in [4.69, 9.17) is 10.4 Å². The van der Waals surface area contributed by atoms with Gasteiger partial charge in [0.05, 0.1) is 5.56 Å². The van der Waals surface area contributed by atoms with Gasteiger partial charge in [0.25, 0.3) is 0 Å². The van der Waals surface area contributed by atoms with Gasteiger partial charge in [0.15, 0.2) is 0 Å². The number of carbonyl (C=O) groups is 1. The number of urea groups is 1. The summed E-state index contributed by atoms with van der Waals surface area (Å²) in [6.07, 6.45) is 4.33. The van der Waals surface area contributed by atoms with Gasteiger partial charge in [-0.15, -0.1) is 0 Å². The summed E-state index contributed by atoms with van der Waals surface area (Å²) in [5.41, 5.74) is 0.227. The predicted octanol–water partition coefficient (Wildman–Crippen LogP) is 1.76. The number of carbonyl (C=O) groups excluding carboxylic acids is 1. The van der Waals surface area contributed by atoms with Crippen molar-refractivity contribution in [2.45, 2.75) is 12.5 Å². The number of anilines is 1. The Kier molecular flexibility index (Phi) is 4.33. The average molecular weight is 275 g/mol. The highest BCUT2D eigenvalue weighted by atomic mass is 19.1. The summed E-state index contributed by atoms with van der Waals surface area (Å²) < 4.78 is 13.1. The molecule has 20 heavy (non-hydrogen) atoms. The van der Waals surface area contributed by atoms with Crippen LogP contribution >= 0.6 is 0 Å². The van der Waals surface area contributed by atoms with E-state index in [1.807, 2.05) is 12.2 Å². The van der Waals surface area contributed by atoms with Crippen molar-refractivity contribution in [1.82, 2.24) is 5.32 Å². The number of nitriles is 1. The molecule has 0 saturated carbocycles. The van der Waals surface area contributed by atoms with Crippen LogP contribution in [-0.4, -0.2) is 23.8 Å². The van der Waals surface area contributed by atoms with Gasteiger partial charge < -0.3 is 15.7 Å². The zero-order valence-electron chi connectivity index (χ0n) is 10.6. The van der Waals surface area contributed by atoms with E-state index in [1.165, 1.54) is 12.1 Å². The third-order valence-corrected chi connectivity index (χ3v) is 3.07. The highest BCUT2D eigenvalue weighted by molar-refractivity contribution is 5.89. The number of halogens is 1. The van der Waals surface area contributed by atoms with Gasteiger partial charge in [0.2, 0.25) is 0 Å². The van der Waals surface area contributed by atoms with Crippen molar-refractivity contribution in [2.24, 2.45) is 5.92 Å². The summed E-state index contributed by atoms with van der Waals surface area (Å²) >= 11 is 0. The van der Waals surface area contributed by atoms with Gasteiger partial charge in [-0.2, -0.15) is 5.26 Å². The Labute approximate surface area is 115 Å². The lowest BCUT2D eigenvalue weighted by molar-refractivity contribution is 0.238. The Morgan fingerprint density at radius 2 is 2.30 bits per heavy atom. The predicted molar refractivity (Wildman–Crippen MR) is 71.4 cm³/mol. The van der Waals surface area contributed by atoms with Crippen LogP contribution in [0.3, 0.4) is 0 Å². The quantitative estimate of drug-likeness (QED) is 0.735. The summed E-state index contributed by atoms with van der Waals surface area (Å²) in [5, 5.41) is 23.0. The van der Waals surface area contributed by atoms with Gasteiger partial charge in [0.1, 0.15) is 11.9 Å². The molecular weight excluding hydrogens is 261 g/mol. The minimum absolute atomic E-state index is 0.0553. The second-order valence-electron chi connectivity index (χ2n) is 4.57. The van der Waals surface area contributed by atoms with Crippen molar-refractivity contribution in [3.8, 4) is 6.07 Å². The third-order valence-electron chi connectivity index (χ3n) is 3.07. The molecule has 2 rings (SSSR count). The molecule has 1 aliphatic rings. The van der Waals surface area contributed by atoms with Crippen LogP contribution in [0.15, 0.2) is 30.4 Å².